The minimum absolute atomic E-state index is 0.0307. The molecule has 1 aliphatic heterocycles. The average molecular weight is 404 g/mol. The fourth-order valence-electron chi connectivity index (χ4n) is 3.62. The lowest BCUT2D eigenvalue weighted by molar-refractivity contribution is -0.137. The van der Waals surface area contributed by atoms with E-state index in [0.717, 1.165) is 17.7 Å². The number of amides is 2. The average Bonchev–Trinajstić information content (AvgIpc) is 2.71. The molecule has 1 fully saturated rings. The van der Waals surface area contributed by atoms with Crippen LogP contribution >= 0.6 is 0 Å². The first-order valence-electron chi connectivity index (χ1n) is 9.66. The third-order valence-electron chi connectivity index (χ3n) is 5.25. The molecule has 1 saturated heterocycles. The van der Waals surface area contributed by atoms with Crippen molar-refractivity contribution < 1.29 is 22.8 Å². The maximum Gasteiger partial charge on any atom is 0.256 e. The molecule has 29 heavy (non-hydrogen) atoms. The fraction of sp³-hybridized carbons (Fsp3) is 0.364. The highest BCUT2D eigenvalue weighted by molar-refractivity contribution is 5.94. The van der Waals surface area contributed by atoms with Gasteiger partial charge in [0.1, 0.15) is 17.5 Å². The van der Waals surface area contributed by atoms with Crippen molar-refractivity contribution in [3.63, 3.8) is 0 Å². The van der Waals surface area contributed by atoms with Gasteiger partial charge >= 0.3 is 0 Å². The quantitative estimate of drug-likeness (QED) is 0.756. The van der Waals surface area contributed by atoms with E-state index in [2.05, 4.69) is 0 Å². The molecule has 1 aliphatic rings. The molecule has 0 spiro atoms. The molecule has 0 N–H and O–H groups in total. The summed E-state index contributed by atoms with van der Waals surface area (Å²) in [6.07, 6.45) is 0.931. The van der Waals surface area contributed by atoms with E-state index in [1.807, 2.05) is 6.92 Å². The van der Waals surface area contributed by atoms with Gasteiger partial charge in [-0.05, 0) is 49.6 Å². The van der Waals surface area contributed by atoms with E-state index < -0.39 is 17.5 Å². The first-order chi connectivity index (χ1) is 13.9. The Morgan fingerprint density at radius 1 is 1.03 bits per heavy atom. The number of benzene rings is 2. The van der Waals surface area contributed by atoms with Gasteiger partial charge in [-0.3, -0.25) is 9.59 Å². The zero-order valence-electron chi connectivity index (χ0n) is 16.2. The number of carbonyl (C=O) groups is 2. The SMILES string of the molecule is CCN(Cc1cccc(F)c1)C(=O)C1CCN(C(=O)c2ccc(F)cc2F)CC1. The van der Waals surface area contributed by atoms with Gasteiger partial charge in [0.25, 0.3) is 5.91 Å². The van der Waals surface area contributed by atoms with Gasteiger partial charge in [-0.1, -0.05) is 12.1 Å². The second-order valence-electron chi connectivity index (χ2n) is 7.17. The summed E-state index contributed by atoms with van der Waals surface area (Å²) in [5.74, 6) is -2.74. The lowest BCUT2D eigenvalue weighted by Gasteiger charge is -2.34. The van der Waals surface area contributed by atoms with Gasteiger partial charge in [0.2, 0.25) is 5.91 Å². The van der Waals surface area contributed by atoms with Crippen molar-refractivity contribution in [2.75, 3.05) is 19.6 Å². The van der Waals surface area contributed by atoms with Crippen LogP contribution < -0.4 is 0 Å². The minimum atomic E-state index is -0.888. The lowest BCUT2D eigenvalue weighted by Crippen LogP contribution is -2.44. The van der Waals surface area contributed by atoms with Crippen LogP contribution in [0, 0.1) is 23.4 Å². The number of hydrogen-bond donors (Lipinski definition) is 0. The van der Waals surface area contributed by atoms with E-state index in [9.17, 15) is 22.8 Å². The molecule has 2 amide bonds. The molecule has 2 aromatic carbocycles. The Kier molecular flexibility index (Phi) is 6.56. The first kappa shape index (κ1) is 20.9. The van der Waals surface area contributed by atoms with Crippen molar-refractivity contribution in [3.05, 3.63) is 71.0 Å². The van der Waals surface area contributed by atoms with Gasteiger partial charge in [0.05, 0.1) is 5.56 Å². The molecule has 4 nitrogen and oxygen atoms in total. The Hall–Kier alpha value is -2.83. The summed E-state index contributed by atoms with van der Waals surface area (Å²) in [5, 5.41) is 0. The molecular weight excluding hydrogens is 381 g/mol. The van der Waals surface area contributed by atoms with Crippen LogP contribution in [-0.2, 0) is 11.3 Å². The number of rotatable bonds is 5. The topological polar surface area (TPSA) is 40.6 Å². The van der Waals surface area contributed by atoms with Crippen molar-refractivity contribution in [2.24, 2.45) is 5.92 Å². The van der Waals surface area contributed by atoms with Gasteiger partial charge in [0.15, 0.2) is 0 Å². The summed E-state index contributed by atoms with van der Waals surface area (Å²) in [4.78, 5) is 28.6. The van der Waals surface area contributed by atoms with Crippen LogP contribution in [0.15, 0.2) is 42.5 Å². The van der Waals surface area contributed by atoms with Crippen molar-refractivity contribution in [3.8, 4) is 0 Å². The third kappa shape index (κ3) is 4.96. The molecule has 154 valence electrons. The van der Waals surface area contributed by atoms with Crippen LogP contribution in [0.25, 0.3) is 0 Å². The predicted octanol–water partition coefficient (Wildman–Crippen LogP) is 4.00. The molecule has 0 bridgehead atoms. The molecular formula is C22H23F3N2O2. The molecule has 0 radical (unpaired) electrons. The highest BCUT2D eigenvalue weighted by atomic mass is 19.1. The van der Waals surface area contributed by atoms with Crippen molar-refractivity contribution in [1.82, 2.24) is 9.80 Å². The number of hydrogen-bond acceptors (Lipinski definition) is 2. The van der Waals surface area contributed by atoms with Crippen LogP contribution in [0.2, 0.25) is 0 Å². The third-order valence-corrected chi connectivity index (χ3v) is 5.25. The molecule has 0 atom stereocenters. The van der Waals surface area contributed by atoms with E-state index in [1.54, 1.807) is 17.0 Å². The van der Waals surface area contributed by atoms with Crippen LogP contribution in [0.5, 0.6) is 0 Å². The van der Waals surface area contributed by atoms with Gasteiger partial charge in [-0.25, -0.2) is 13.2 Å². The van der Waals surface area contributed by atoms with E-state index in [0.29, 0.717) is 45.1 Å². The summed E-state index contributed by atoms with van der Waals surface area (Å²) in [6.45, 7) is 3.34. The van der Waals surface area contributed by atoms with Crippen LogP contribution in [0.3, 0.4) is 0 Å². The van der Waals surface area contributed by atoms with Gasteiger partial charge in [-0.2, -0.15) is 0 Å². The maximum absolute atomic E-state index is 13.9. The fourth-order valence-corrected chi connectivity index (χ4v) is 3.62. The largest absolute Gasteiger partial charge is 0.339 e. The Morgan fingerprint density at radius 3 is 2.34 bits per heavy atom. The number of nitrogens with zero attached hydrogens (tertiary/aromatic N) is 2. The highest BCUT2D eigenvalue weighted by Gasteiger charge is 2.31. The zero-order valence-corrected chi connectivity index (χ0v) is 16.2. The molecule has 0 aromatic heterocycles. The molecule has 3 rings (SSSR count). The normalized spacial score (nSPS) is 14.7. The molecule has 2 aromatic rings. The Balaban J connectivity index is 1.60. The van der Waals surface area contributed by atoms with Crippen LogP contribution in [0.4, 0.5) is 13.2 Å². The van der Waals surface area contributed by atoms with Crippen molar-refractivity contribution in [1.29, 1.82) is 0 Å². The monoisotopic (exact) mass is 404 g/mol. The summed E-state index contributed by atoms with van der Waals surface area (Å²) in [6, 6.07) is 9.04. The maximum atomic E-state index is 13.9. The van der Waals surface area contributed by atoms with Crippen LogP contribution in [-0.4, -0.2) is 41.2 Å². The number of carbonyl (C=O) groups excluding carboxylic acids is 2. The Labute approximate surface area is 167 Å². The molecule has 0 aliphatic carbocycles. The summed E-state index contributed by atoms with van der Waals surface area (Å²) in [7, 11) is 0. The molecule has 0 unspecified atom stereocenters. The summed E-state index contributed by atoms with van der Waals surface area (Å²) < 4.78 is 40.3. The van der Waals surface area contributed by atoms with E-state index in [4.69, 9.17) is 0 Å². The summed E-state index contributed by atoms with van der Waals surface area (Å²) >= 11 is 0. The first-order valence-corrected chi connectivity index (χ1v) is 9.66. The Morgan fingerprint density at radius 2 is 1.72 bits per heavy atom. The van der Waals surface area contributed by atoms with Gasteiger partial charge in [-0.15, -0.1) is 0 Å². The number of halogens is 3. The van der Waals surface area contributed by atoms with Crippen molar-refractivity contribution in [2.45, 2.75) is 26.3 Å². The predicted molar refractivity (Wildman–Crippen MR) is 102 cm³/mol. The van der Waals surface area contributed by atoms with E-state index in [1.165, 1.54) is 17.0 Å². The second kappa shape index (κ2) is 9.11. The van der Waals surface area contributed by atoms with Gasteiger partial charge in [0, 0.05) is 38.2 Å². The van der Waals surface area contributed by atoms with E-state index >= 15 is 0 Å². The lowest BCUT2D eigenvalue weighted by atomic mass is 9.94. The Bertz CT molecular complexity index is 895. The zero-order chi connectivity index (χ0) is 21.0. The van der Waals surface area contributed by atoms with Crippen LogP contribution in [0.1, 0.15) is 35.7 Å². The van der Waals surface area contributed by atoms with Crippen molar-refractivity contribution >= 4 is 11.8 Å². The number of likely N-dealkylation sites (tertiary alicyclic amines) is 1. The van der Waals surface area contributed by atoms with Gasteiger partial charge < -0.3 is 9.80 Å². The number of piperidine rings is 1. The minimum Gasteiger partial charge on any atom is -0.339 e. The molecule has 1 heterocycles. The second-order valence-corrected chi connectivity index (χ2v) is 7.17. The highest BCUT2D eigenvalue weighted by Crippen LogP contribution is 2.23. The van der Waals surface area contributed by atoms with E-state index in [-0.39, 0.29) is 23.2 Å². The summed E-state index contributed by atoms with van der Waals surface area (Å²) in [5.41, 5.74) is 0.553. The standard InChI is InChI=1S/C22H23F3N2O2/c1-2-26(14-15-4-3-5-17(23)12-15)21(28)16-8-10-27(11-9-16)22(29)19-7-6-18(24)13-20(19)25/h3-7,12-13,16H,2,8-11,14H2,1H3. The molecule has 7 heteroatoms. The molecule has 0 saturated carbocycles. The smallest absolute Gasteiger partial charge is 0.256 e.